The number of hydrogen-bond donors (Lipinski definition) is 2. The van der Waals surface area contributed by atoms with Crippen molar-refractivity contribution in [2.24, 2.45) is 0 Å². The first-order valence-corrected chi connectivity index (χ1v) is 6.24. The monoisotopic (exact) mass is 288 g/mol. The first-order valence-electron chi connectivity index (χ1n) is 6.24. The molecule has 1 aromatic carbocycles. The summed E-state index contributed by atoms with van der Waals surface area (Å²) in [5, 5.41) is 2.37. The number of carbonyl (C=O) groups is 1. The van der Waals surface area contributed by atoms with Gasteiger partial charge in [-0.3, -0.25) is 4.79 Å². The van der Waals surface area contributed by atoms with Gasteiger partial charge in [-0.15, -0.1) is 0 Å². The molecule has 0 spiro atoms. The van der Waals surface area contributed by atoms with Gasteiger partial charge in [-0.1, -0.05) is 0 Å². The number of halogens is 3. The molecule has 1 fully saturated rings. The normalized spacial score (nSPS) is 15.8. The van der Waals surface area contributed by atoms with E-state index >= 15 is 0 Å². The Balaban J connectivity index is 1.96. The predicted molar refractivity (Wildman–Crippen MR) is 68.1 cm³/mol. The number of alkyl halides is 3. The summed E-state index contributed by atoms with van der Waals surface area (Å²) in [6.45, 7) is -0.156. The topological polar surface area (TPSA) is 64.3 Å². The Labute approximate surface area is 114 Å². The van der Waals surface area contributed by atoms with Gasteiger partial charge in [0.05, 0.1) is 11.7 Å². The lowest BCUT2D eigenvalue weighted by molar-refractivity contribution is -0.137. The Hall–Kier alpha value is -1.76. The summed E-state index contributed by atoms with van der Waals surface area (Å²) >= 11 is 0. The molecule has 0 heterocycles. The molecule has 1 amide bonds. The molecule has 3 N–H and O–H groups in total. The number of rotatable bonds is 4. The van der Waals surface area contributed by atoms with Crippen LogP contribution in [0.4, 0.5) is 24.5 Å². The zero-order valence-corrected chi connectivity index (χ0v) is 10.7. The Morgan fingerprint density at radius 3 is 2.65 bits per heavy atom. The molecule has 0 atom stereocenters. The summed E-state index contributed by atoms with van der Waals surface area (Å²) in [6, 6.07) is 3.26. The fourth-order valence-electron chi connectivity index (χ4n) is 1.81. The van der Waals surface area contributed by atoms with Crippen LogP contribution in [0.1, 0.15) is 24.8 Å². The molecular weight excluding hydrogens is 273 g/mol. The van der Waals surface area contributed by atoms with Crippen LogP contribution in [0.3, 0.4) is 0 Å². The molecule has 4 nitrogen and oxygen atoms in total. The highest BCUT2D eigenvalue weighted by Crippen LogP contribution is 2.35. The van der Waals surface area contributed by atoms with E-state index in [1.54, 1.807) is 0 Å². The number of benzene rings is 1. The van der Waals surface area contributed by atoms with E-state index in [1.807, 2.05) is 0 Å². The zero-order valence-electron chi connectivity index (χ0n) is 10.7. The maximum atomic E-state index is 12.7. The lowest BCUT2D eigenvalue weighted by atomic mass is 9.96. The third-order valence-corrected chi connectivity index (χ3v) is 3.14. The molecule has 0 saturated heterocycles. The van der Waals surface area contributed by atoms with Crippen LogP contribution in [0.25, 0.3) is 0 Å². The first-order chi connectivity index (χ1) is 9.36. The van der Waals surface area contributed by atoms with Gasteiger partial charge >= 0.3 is 6.18 Å². The summed E-state index contributed by atoms with van der Waals surface area (Å²) in [7, 11) is 0. The smallest absolute Gasteiger partial charge is 0.398 e. The number of ether oxygens (including phenoxy) is 1. The van der Waals surface area contributed by atoms with Crippen molar-refractivity contribution in [3.63, 3.8) is 0 Å². The van der Waals surface area contributed by atoms with Crippen LogP contribution in [0.2, 0.25) is 0 Å². The van der Waals surface area contributed by atoms with Crippen LogP contribution in [-0.2, 0) is 15.7 Å². The van der Waals surface area contributed by atoms with E-state index in [-0.39, 0.29) is 24.1 Å². The average molecular weight is 288 g/mol. The number of anilines is 2. The van der Waals surface area contributed by atoms with Gasteiger partial charge in [0, 0.05) is 11.4 Å². The third-order valence-electron chi connectivity index (χ3n) is 3.14. The van der Waals surface area contributed by atoms with E-state index in [0.717, 1.165) is 31.4 Å². The molecule has 110 valence electrons. The lowest BCUT2D eigenvalue weighted by Crippen LogP contribution is -2.27. The number of carbonyl (C=O) groups excluding carboxylic acids is 1. The van der Waals surface area contributed by atoms with Crippen LogP contribution in [0.5, 0.6) is 0 Å². The molecule has 1 aliphatic rings. The van der Waals surface area contributed by atoms with Gasteiger partial charge in [-0.2, -0.15) is 13.2 Å². The van der Waals surface area contributed by atoms with Crippen LogP contribution < -0.4 is 11.1 Å². The number of nitrogen functional groups attached to an aromatic ring is 1. The van der Waals surface area contributed by atoms with Crippen molar-refractivity contribution in [3.05, 3.63) is 23.8 Å². The molecule has 7 heteroatoms. The van der Waals surface area contributed by atoms with Gasteiger partial charge < -0.3 is 15.8 Å². The second kappa shape index (κ2) is 5.70. The molecule has 0 aromatic heterocycles. The van der Waals surface area contributed by atoms with Gasteiger partial charge in [0.2, 0.25) is 5.91 Å². The zero-order chi connectivity index (χ0) is 14.8. The predicted octanol–water partition coefficient (Wildman–Crippen LogP) is 2.80. The van der Waals surface area contributed by atoms with Crippen LogP contribution in [0.15, 0.2) is 18.2 Å². The van der Waals surface area contributed by atoms with E-state index in [2.05, 4.69) is 5.32 Å². The molecule has 20 heavy (non-hydrogen) atoms. The number of hydrogen-bond acceptors (Lipinski definition) is 3. The Morgan fingerprint density at radius 1 is 1.40 bits per heavy atom. The Bertz CT molecular complexity index is 499. The summed E-state index contributed by atoms with van der Waals surface area (Å²) in [6.07, 6.45) is -1.52. The average Bonchev–Trinajstić information content (AvgIpc) is 2.28. The highest BCUT2D eigenvalue weighted by atomic mass is 19.4. The maximum absolute atomic E-state index is 12.7. The number of nitrogens with one attached hydrogen (secondary N) is 1. The largest absolute Gasteiger partial charge is 0.418 e. The molecule has 2 rings (SSSR count). The van der Waals surface area contributed by atoms with Gasteiger partial charge in [0.25, 0.3) is 0 Å². The molecular formula is C13H15F3N2O2. The third kappa shape index (κ3) is 3.63. The molecule has 0 aliphatic heterocycles. The van der Waals surface area contributed by atoms with Crippen molar-refractivity contribution in [2.45, 2.75) is 31.5 Å². The van der Waals surface area contributed by atoms with Crippen molar-refractivity contribution in [1.29, 1.82) is 0 Å². The SMILES string of the molecule is Nc1ccc(NC(=O)COC2CCC2)cc1C(F)(F)F. The summed E-state index contributed by atoms with van der Waals surface area (Å²) in [5.41, 5.74) is 3.99. The van der Waals surface area contributed by atoms with Gasteiger partial charge in [0.1, 0.15) is 6.61 Å². The summed E-state index contributed by atoms with van der Waals surface area (Å²) in [4.78, 5) is 11.6. The number of nitrogens with two attached hydrogens (primary N) is 1. The minimum atomic E-state index is -4.55. The van der Waals surface area contributed by atoms with E-state index in [4.69, 9.17) is 10.5 Å². The van der Waals surface area contributed by atoms with E-state index in [9.17, 15) is 18.0 Å². The van der Waals surface area contributed by atoms with Crippen molar-refractivity contribution in [2.75, 3.05) is 17.7 Å². The van der Waals surface area contributed by atoms with Crippen molar-refractivity contribution < 1.29 is 22.7 Å². The van der Waals surface area contributed by atoms with Gasteiger partial charge in [0.15, 0.2) is 0 Å². The number of amides is 1. The van der Waals surface area contributed by atoms with Gasteiger partial charge in [-0.25, -0.2) is 0 Å². The first kappa shape index (κ1) is 14.6. The van der Waals surface area contributed by atoms with Crippen LogP contribution in [0, 0.1) is 0 Å². The summed E-state index contributed by atoms with van der Waals surface area (Å²) < 4.78 is 43.2. The van der Waals surface area contributed by atoms with Crippen molar-refractivity contribution >= 4 is 17.3 Å². The Morgan fingerprint density at radius 2 is 2.10 bits per heavy atom. The highest BCUT2D eigenvalue weighted by molar-refractivity contribution is 5.92. The standard InChI is InChI=1S/C13H15F3N2O2/c14-13(15,16)10-6-8(4-5-11(10)17)18-12(19)7-20-9-2-1-3-9/h4-6,9H,1-3,7,17H2,(H,18,19). The highest BCUT2D eigenvalue weighted by Gasteiger charge is 2.33. The molecule has 1 aliphatic carbocycles. The lowest BCUT2D eigenvalue weighted by Gasteiger charge is -2.25. The van der Waals surface area contributed by atoms with Gasteiger partial charge in [-0.05, 0) is 37.5 Å². The van der Waals surface area contributed by atoms with Crippen LogP contribution in [-0.4, -0.2) is 18.6 Å². The quantitative estimate of drug-likeness (QED) is 0.837. The Kier molecular flexibility index (Phi) is 4.17. The fourth-order valence-corrected chi connectivity index (χ4v) is 1.81. The second-order valence-electron chi connectivity index (χ2n) is 4.71. The maximum Gasteiger partial charge on any atom is 0.418 e. The van der Waals surface area contributed by atoms with E-state index in [1.165, 1.54) is 6.07 Å². The second-order valence-corrected chi connectivity index (χ2v) is 4.71. The minimum Gasteiger partial charge on any atom is -0.398 e. The fraction of sp³-hybridized carbons (Fsp3) is 0.462. The van der Waals surface area contributed by atoms with Crippen molar-refractivity contribution in [3.8, 4) is 0 Å². The van der Waals surface area contributed by atoms with E-state index in [0.29, 0.717) is 0 Å². The molecule has 0 radical (unpaired) electrons. The van der Waals surface area contributed by atoms with E-state index < -0.39 is 17.6 Å². The molecule has 0 bridgehead atoms. The summed E-state index contributed by atoms with van der Waals surface area (Å²) in [5.74, 6) is -0.477. The van der Waals surface area contributed by atoms with Crippen LogP contribution >= 0.6 is 0 Å². The van der Waals surface area contributed by atoms with Crippen molar-refractivity contribution in [1.82, 2.24) is 0 Å². The molecule has 0 unspecified atom stereocenters. The molecule has 1 aromatic rings. The molecule has 1 saturated carbocycles. The minimum absolute atomic E-state index is 0.0498.